The maximum absolute atomic E-state index is 14.2. The predicted molar refractivity (Wildman–Crippen MR) is 221 cm³/mol. The number of aromatic nitrogens is 3. The number of anilines is 2. The highest BCUT2D eigenvalue weighted by Gasteiger charge is 2.46. The number of imide groups is 2. The first-order chi connectivity index (χ1) is 28.9. The molecule has 18 heteroatoms. The maximum Gasteiger partial charge on any atom is 0.264 e. The molecule has 3 fully saturated rings. The molecule has 3 saturated heterocycles. The van der Waals surface area contributed by atoms with Crippen LogP contribution in [-0.4, -0.2) is 104 Å². The number of ether oxygens (including phenoxy) is 1. The third-order valence-corrected chi connectivity index (χ3v) is 12.4. The Labute approximate surface area is 355 Å². The average Bonchev–Trinajstić information content (AvgIpc) is 3.81. The lowest BCUT2D eigenvalue weighted by Crippen LogP contribution is -2.55. The Morgan fingerprint density at radius 1 is 1.03 bits per heavy atom. The van der Waals surface area contributed by atoms with E-state index in [4.69, 9.17) is 33.7 Å². The monoisotopic (exact) mass is 859 g/mol. The van der Waals surface area contributed by atoms with Crippen LogP contribution in [0.25, 0.3) is 11.1 Å². The van der Waals surface area contributed by atoms with Gasteiger partial charge in [0.25, 0.3) is 11.8 Å². The molecule has 4 aliphatic heterocycles. The smallest absolute Gasteiger partial charge is 0.264 e. The van der Waals surface area contributed by atoms with Crippen molar-refractivity contribution in [3.63, 3.8) is 0 Å². The van der Waals surface area contributed by atoms with Crippen molar-refractivity contribution in [1.82, 2.24) is 34.8 Å². The van der Waals surface area contributed by atoms with Gasteiger partial charge >= 0.3 is 0 Å². The average molecular weight is 861 g/mol. The number of carbonyl (C=O) groups is 5. The molecule has 314 valence electrons. The van der Waals surface area contributed by atoms with Gasteiger partial charge in [0.05, 0.1) is 34.4 Å². The number of amides is 5. The van der Waals surface area contributed by atoms with E-state index in [-0.39, 0.29) is 57.8 Å². The Balaban J connectivity index is 0.758. The first kappa shape index (κ1) is 41.2. The molecule has 0 spiro atoms. The topological polar surface area (TPSA) is 185 Å². The van der Waals surface area contributed by atoms with Crippen LogP contribution in [0.3, 0.4) is 0 Å². The molecule has 4 N–H and O–H groups in total. The van der Waals surface area contributed by atoms with Crippen molar-refractivity contribution in [3.05, 3.63) is 87.5 Å². The summed E-state index contributed by atoms with van der Waals surface area (Å²) in [6, 6.07) is 8.64. The van der Waals surface area contributed by atoms with Crippen LogP contribution in [0.4, 0.5) is 15.9 Å². The largest absolute Gasteiger partial charge is 0.482 e. The van der Waals surface area contributed by atoms with Crippen LogP contribution in [0.15, 0.2) is 55.0 Å². The molecule has 8 rings (SSSR count). The van der Waals surface area contributed by atoms with E-state index in [1.807, 2.05) is 15.8 Å². The van der Waals surface area contributed by atoms with E-state index in [9.17, 15) is 28.4 Å². The number of halogens is 3. The lowest BCUT2D eigenvalue weighted by Gasteiger charge is -2.40. The minimum atomic E-state index is -1.01. The number of unbranched alkanes of at least 4 members (excludes halogenated alkanes) is 1. The number of nitrogens with two attached hydrogens (primary N) is 1. The number of rotatable bonds is 13. The highest BCUT2D eigenvalue weighted by Crippen LogP contribution is 2.38. The summed E-state index contributed by atoms with van der Waals surface area (Å²) in [6.07, 6.45) is 8.48. The van der Waals surface area contributed by atoms with E-state index in [1.165, 1.54) is 12.1 Å². The Bertz CT molecular complexity index is 2360. The summed E-state index contributed by atoms with van der Waals surface area (Å²) in [4.78, 5) is 73.3. The summed E-state index contributed by atoms with van der Waals surface area (Å²) in [7, 11) is 0. The van der Waals surface area contributed by atoms with Crippen LogP contribution in [0, 0.1) is 5.82 Å². The Morgan fingerprint density at radius 2 is 1.82 bits per heavy atom. The lowest BCUT2D eigenvalue weighted by atomic mass is 10.0. The first-order valence-corrected chi connectivity index (χ1v) is 20.8. The SMILES string of the molecule is C[C@@H](Oc1cc(-c2cnn(C3CCN(C(=O)CCCCN4CC(Nc5cccc6c5C(=O)N(C5CCC(=O)NC5=O)C6=O)C4)CC3)c2)cnc1N)c1c(Cl)ccc(F)c1Cl. The second-order valence-electron chi connectivity index (χ2n) is 15.7. The first-order valence-electron chi connectivity index (χ1n) is 20.1. The van der Waals surface area contributed by atoms with Gasteiger partial charge in [0, 0.05) is 78.8 Å². The molecule has 2 aromatic carbocycles. The lowest BCUT2D eigenvalue weighted by molar-refractivity contribution is -0.136. The fourth-order valence-electron chi connectivity index (χ4n) is 8.41. The third-order valence-electron chi connectivity index (χ3n) is 11.7. The highest BCUT2D eigenvalue weighted by atomic mass is 35.5. The van der Waals surface area contributed by atoms with E-state index < -0.39 is 41.6 Å². The van der Waals surface area contributed by atoms with Gasteiger partial charge in [0.2, 0.25) is 17.7 Å². The van der Waals surface area contributed by atoms with Gasteiger partial charge in [-0.1, -0.05) is 29.3 Å². The number of carbonyl (C=O) groups excluding carboxylic acids is 5. The molecular formula is C42H44Cl2FN9O6. The Morgan fingerprint density at radius 3 is 2.58 bits per heavy atom. The normalized spacial score (nSPS) is 19.3. The van der Waals surface area contributed by atoms with Gasteiger partial charge in [-0.15, -0.1) is 0 Å². The Hall–Kier alpha value is -5.58. The van der Waals surface area contributed by atoms with Gasteiger partial charge in [-0.2, -0.15) is 5.10 Å². The highest BCUT2D eigenvalue weighted by molar-refractivity contribution is 6.36. The van der Waals surface area contributed by atoms with Gasteiger partial charge in [0.1, 0.15) is 18.0 Å². The van der Waals surface area contributed by atoms with Crippen LogP contribution in [-0.2, 0) is 14.4 Å². The molecule has 6 heterocycles. The summed E-state index contributed by atoms with van der Waals surface area (Å²) < 4.78 is 22.1. The maximum atomic E-state index is 14.2. The standard InChI is InChI=1S/C42H44Cl2FN9O6/c1-23(36-29(43)8-9-30(45)38(36)44)60-33-17-24(18-47-39(33)46)25-19-48-53(20-25)27-12-15-52(16-13-27)35(56)7-2-3-14-51-21-26(22-51)49-31-6-4-5-28-37(31)42(59)54(41(28)58)32-10-11-34(55)50-40(32)57/h4-6,8-9,17-20,23,26-27,32,49H,2-3,7,10-16,21-22H2,1H3,(H2,46,47)(H,50,55,57)/t23-,32?/m1/s1. The molecule has 1 unspecified atom stereocenters. The number of hydrogen-bond donors (Lipinski definition) is 3. The number of likely N-dealkylation sites (tertiary alicyclic amines) is 2. The number of piperidine rings is 2. The van der Waals surface area contributed by atoms with Crippen molar-refractivity contribution in [3.8, 4) is 16.9 Å². The summed E-state index contributed by atoms with van der Waals surface area (Å²) in [5, 5.41) is 10.4. The summed E-state index contributed by atoms with van der Waals surface area (Å²) in [6.45, 7) is 5.34. The molecule has 0 bridgehead atoms. The summed E-state index contributed by atoms with van der Waals surface area (Å²) in [5.74, 6) is -2.10. The van der Waals surface area contributed by atoms with Crippen molar-refractivity contribution in [2.75, 3.05) is 43.8 Å². The van der Waals surface area contributed by atoms with Gasteiger partial charge in [0.15, 0.2) is 11.6 Å². The molecule has 2 atom stereocenters. The van der Waals surface area contributed by atoms with Crippen molar-refractivity contribution < 1.29 is 33.1 Å². The zero-order chi connectivity index (χ0) is 42.2. The zero-order valence-corrected chi connectivity index (χ0v) is 34.3. The second-order valence-corrected chi connectivity index (χ2v) is 16.5. The van der Waals surface area contributed by atoms with Crippen molar-refractivity contribution in [2.24, 2.45) is 0 Å². The van der Waals surface area contributed by atoms with Gasteiger partial charge in [-0.25, -0.2) is 9.37 Å². The van der Waals surface area contributed by atoms with E-state index >= 15 is 0 Å². The van der Waals surface area contributed by atoms with E-state index in [0.29, 0.717) is 36.5 Å². The van der Waals surface area contributed by atoms with Crippen LogP contribution >= 0.6 is 23.2 Å². The Kier molecular flexibility index (Phi) is 11.8. The molecule has 0 radical (unpaired) electrons. The minimum Gasteiger partial charge on any atom is -0.482 e. The fourth-order valence-corrected chi connectivity index (χ4v) is 9.09. The van der Waals surface area contributed by atoms with Crippen molar-refractivity contribution >= 4 is 64.2 Å². The molecule has 2 aromatic heterocycles. The number of nitrogen functional groups attached to an aromatic ring is 1. The number of benzene rings is 2. The van der Waals surface area contributed by atoms with Gasteiger partial charge in [-0.3, -0.25) is 43.8 Å². The van der Waals surface area contributed by atoms with Crippen LogP contribution in [0.2, 0.25) is 10.0 Å². The van der Waals surface area contributed by atoms with Crippen molar-refractivity contribution in [2.45, 2.75) is 76.1 Å². The molecule has 0 aliphatic carbocycles. The third kappa shape index (κ3) is 8.27. The van der Waals surface area contributed by atoms with Crippen LogP contribution in [0.5, 0.6) is 5.75 Å². The molecule has 15 nitrogen and oxygen atoms in total. The molecular weight excluding hydrogens is 816 g/mol. The molecule has 4 aromatic rings. The predicted octanol–water partition coefficient (Wildman–Crippen LogP) is 5.64. The molecule has 4 aliphatic rings. The van der Waals surface area contributed by atoms with E-state index in [1.54, 1.807) is 43.6 Å². The van der Waals surface area contributed by atoms with Crippen LogP contribution in [0.1, 0.15) is 90.3 Å². The summed E-state index contributed by atoms with van der Waals surface area (Å²) in [5.41, 5.74) is 9.06. The summed E-state index contributed by atoms with van der Waals surface area (Å²) >= 11 is 12.5. The number of nitrogens with zero attached hydrogens (tertiary/aromatic N) is 6. The minimum absolute atomic E-state index is 0.0659. The second kappa shape index (κ2) is 17.2. The zero-order valence-electron chi connectivity index (χ0n) is 32.8. The van der Waals surface area contributed by atoms with E-state index in [0.717, 1.165) is 61.3 Å². The quantitative estimate of drug-likeness (QED) is 0.0859. The number of pyridine rings is 1. The van der Waals surface area contributed by atoms with E-state index in [2.05, 4.69) is 25.6 Å². The van der Waals surface area contributed by atoms with Crippen molar-refractivity contribution in [1.29, 1.82) is 0 Å². The number of hydrogen-bond acceptors (Lipinski definition) is 11. The number of fused-ring (bicyclic) bond motifs is 1. The molecule has 0 saturated carbocycles. The van der Waals surface area contributed by atoms with Crippen LogP contribution < -0.4 is 21.1 Å². The molecule has 60 heavy (non-hydrogen) atoms. The van der Waals surface area contributed by atoms with Gasteiger partial charge in [-0.05, 0) is 75.9 Å². The fraction of sp³-hybridized carbons (Fsp3) is 0.405. The van der Waals surface area contributed by atoms with Gasteiger partial charge < -0.3 is 20.7 Å². The number of nitrogens with one attached hydrogen (secondary N) is 2. The molecule has 5 amide bonds.